The van der Waals surface area contributed by atoms with Crippen LogP contribution in [0.1, 0.15) is 18.4 Å². The normalized spacial score (nSPS) is 15.8. The maximum Gasteiger partial charge on any atom is 0.223 e. The number of carbonyl (C=O) groups excluding carboxylic acids is 1. The van der Waals surface area contributed by atoms with E-state index in [1.165, 1.54) is 22.5 Å². The van der Waals surface area contributed by atoms with Gasteiger partial charge in [0, 0.05) is 24.6 Å². The fraction of sp³-hybridized carbons (Fsp3) is 0.381. The summed E-state index contributed by atoms with van der Waals surface area (Å²) in [4.78, 5) is 12.3. The Morgan fingerprint density at radius 1 is 1.07 bits per heavy atom. The van der Waals surface area contributed by atoms with Gasteiger partial charge in [0.2, 0.25) is 15.9 Å². The number of nitrogens with zero attached hydrogens (tertiary/aromatic N) is 1. The van der Waals surface area contributed by atoms with Crippen LogP contribution in [0.4, 0.5) is 4.39 Å². The lowest BCUT2D eigenvalue weighted by atomic mass is 9.97. The minimum atomic E-state index is -3.62. The first-order chi connectivity index (χ1) is 14.0. The second-order valence-corrected chi connectivity index (χ2v) is 8.94. The maximum absolute atomic E-state index is 13.8. The molecule has 0 atom stereocenters. The van der Waals surface area contributed by atoms with Crippen LogP contribution < -0.4 is 10.1 Å². The molecule has 0 spiro atoms. The van der Waals surface area contributed by atoms with Crippen LogP contribution in [0.5, 0.6) is 5.75 Å². The van der Waals surface area contributed by atoms with Crippen LogP contribution in [-0.4, -0.2) is 44.9 Å². The van der Waals surface area contributed by atoms with E-state index in [-0.39, 0.29) is 36.2 Å². The number of hydrogen-bond donors (Lipinski definition) is 1. The van der Waals surface area contributed by atoms with Gasteiger partial charge < -0.3 is 10.1 Å². The number of halogens is 1. The molecule has 8 heteroatoms. The molecule has 156 valence electrons. The molecule has 1 aliphatic rings. The third-order valence-electron chi connectivity index (χ3n) is 4.93. The van der Waals surface area contributed by atoms with E-state index < -0.39 is 15.8 Å². The van der Waals surface area contributed by atoms with Crippen LogP contribution in [0.25, 0.3) is 0 Å². The Bertz CT molecular complexity index is 913. The van der Waals surface area contributed by atoms with Crippen molar-refractivity contribution in [1.82, 2.24) is 9.62 Å². The number of amides is 1. The van der Waals surface area contributed by atoms with Gasteiger partial charge in [-0.2, -0.15) is 0 Å². The van der Waals surface area contributed by atoms with Gasteiger partial charge in [-0.15, -0.1) is 0 Å². The molecule has 0 radical (unpaired) electrons. The van der Waals surface area contributed by atoms with E-state index >= 15 is 0 Å². The standard InChI is InChI=1S/C21H25FN2O4S/c22-20-9-5-4-6-18(20)16-29(26,27)24-13-10-17(11-14-24)21(25)23-12-15-28-19-7-2-1-3-8-19/h1-9,17H,10-16H2,(H,23,25). The van der Waals surface area contributed by atoms with Crippen molar-refractivity contribution in [3.8, 4) is 5.75 Å². The fourth-order valence-corrected chi connectivity index (χ4v) is 4.88. The van der Waals surface area contributed by atoms with Crippen molar-refractivity contribution in [3.63, 3.8) is 0 Å². The monoisotopic (exact) mass is 420 g/mol. The molecule has 1 heterocycles. The molecule has 1 saturated heterocycles. The molecule has 1 amide bonds. The molecule has 0 aromatic heterocycles. The lowest BCUT2D eigenvalue weighted by Gasteiger charge is -2.30. The van der Waals surface area contributed by atoms with Crippen molar-refractivity contribution in [1.29, 1.82) is 0 Å². The zero-order chi connectivity index (χ0) is 20.7. The average Bonchev–Trinajstić information content (AvgIpc) is 2.73. The summed E-state index contributed by atoms with van der Waals surface area (Å²) in [7, 11) is -3.62. The number of nitrogens with one attached hydrogen (secondary N) is 1. The molecule has 0 bridgehead atoms. The lowest BCUT2D eigenvalue weighted by molar-refractivity contribution is -0.126. The quantitative estimate of drug-likeness (QED) is 0.666. The first-order valence-electron chi connectivity index (χ1n) is 9.62. The lowest BCUT2D eigenvalue weighted by Crippen LogP contribution is -2.44. The van der Waals surface area contributed by atoms with Gasteiger partial charge in [-0.1, -0.05) is 36.4 Å². The van der Waals surface area contributed by atoms with Gasteiger partial charge >= 0.3 is 0 Å². The van der Waals surface area contributed by atoms with Crippen molar-refractivity contribution in [2.24, 2.45) is 5.92 Å². The number of sulfonamides is 1. The molecular formula is C21H25FN2O4S. The molecule has 29 heavy (non-hydrogen) atoms. The molecule has 2 aromatic rings. The zero-order valence-electron chi connectivity index (χ0n) is 16.1. The molecule has 1 aliphatic heterocycles. The molecule has 3 rings (SSSR count). The summed E-state index contributed by atoms with van der Waals surface area (Å²) in [6, 6.07) is 15.2. The highest BCUT2D eigenvalue weighted by Crippen LogP contribution is 2.22. The number of benzene rings is 2. The number of rotatable bonds is 8. The van der Waals surface area contributed by atoms with Crippen LogP contribution in [0, 0.1) is 11.7 Å². The Morgan fingerprint density at radius 3 is 2.41 bits per heavy atom. The van der Waals surface area contributed by atoms with Crippen LogP contribution >= 0.6 is 0 Å². The largest absolute Gasteiger partial charge is 0.492 e. The van der Waals surface area contributed by atoms with Crippen molar-refractivity contribution in [2.45, 2.75) is 18.6 Å². The number of piperidine rings is 1. The van der Waals surface area contributed by atoms with Crippen molar-refractivity contribution < 1.29 is 22.3 Å². The van der Waals surface area contributed by atoms with Crippen molar-refractivity contribution in [3.05, 3.63) is 66.0 Å². The molecule has 6 nitrogen and oxygen atoms in total. The molecule has 1 fully saturated rings. The van der Waals surface area contributed by atoms with Crippen LogP contribution in [0.3, 0.4) is 0 Å². The molecule has 0 unspecified atom stereocenters. The summed E-state index contributed by atoms with van der Waals surface area (Å²) in [5.74, 6) is -0.467. The SMILES string of the molecule is O=C(NCCOc1ccccc1)C1CCN(S(=O)(=O)Cc2ccccc2F)CC1. The van der Waals surface area contributed by atoms with Gasteiger partial charge in [0.25, 0.3) is 0 Å². The molecule has 0 saturated carbocycles. The highest BCUT2D eigenvalue weighted by Gasteiger charge is 2.31. The van der Waals surface area contributed by atoms with Gasteiger partial charge in [-0.05, 0) is 31.0 Å². The molecular weight excluding hydrogens is 395 g/mol. The topological polar surface area (TPSA) is 75.7 Å². The Balaban J connectivity index is 1.42. The van der Waals surface area contributed by atoms with Crippen molar-refractivity contribution >= 4 is 15.9 Å². The minimum Gasteiger partial charge on any atom is -0.492 e. The first kappa shape index (κ1) is 21.3. The summed E-state index contributed by atoms with van der Waals surface area (Å²) in [6.07, 6.45) is 0.893. The summed E-state index contributed by atoms with van der Waals surface area (Å²) < 4.78 is 45.8. The van der Waals surface area contributed by atoms with Gasteiger partial charge in [0.05, 0.1) is 12.3 Å². The van der Waals surface area contributed by atoms with Gasteiger partial charge in [-0.25, -0.2) is 17.1 Å². The number of hydrogen-bond acceptors (Lipinski definition) is 4. The Kier molecular flexibility index (Phi) is 7.22. The highest BCUT2D eigenvalue weighted by atomic mass is 32.2. The van der Waals surface area contributed by atoms with Gasteiger partial charge in [0.15, 0.2) is 0 Å². The van der Waals surface area contributed by atoms with Gasteiger partial charge in [-0.3, -0.25) is 4.79 Å². The first-order valence-corrected chi connectivity index (χ1v) is 11.2. The maximum atomic E-state index is 13.8. The van der Waals surface area contributed by atoms with E-state index in [0.29, 0.717) is 26.0 Å². The number of carbonyl (C=O) groups is 1. The van der Waals surface area contributed by atoms with Crippen LogP contribution in [0.15, 0.2) is 54.6 Å². The summed E-state index contributed by atoms with van der Waals surface area (Å²) in [5, 5.41) is 2.84. The number of ether oxygens (including phenoxy) is 1. The van der Waals surface area contributed by atoms with Gasteiger partial charge in [0.1, 0.15) is 18.2 Å². The van der Waals surface area contributed by atoms with Crippen molar-refractivity contribution in [2.75, 3.05) is 26.2 Å². The zero-order valence-corrected chi connectivity index (χ0v) is 16.9. The third-order valence-corrected chi connectivity index (χ3v) is 6.75. The smallest absolute Gasteiger partial charge is 0.223 e. The molecule has 2 aromatic carbocycles. The second-order valence-electron chi connectivity index (χ2n) is 6.97. The van der Waals surface area contributed by atoms with E-state index in [1.807, 2.05) is 30.3 Å². The van der Waals surface area contributed by atoms with E-state index in [9.17, 15) is 17.6 Å². The van der Waals surface area contributed by atoms with Crippen LogP contribution in [0.2, 0.25) is 0 Å². The van der Waals surface area contributed by atoms with E-state index in [0.717, 1.165) is 5.75 Å². The second kappa shape index (κ2) is 9.84. The Labute approximate surface area is 170 Å². The summed E-state index contributed by atoms with van der Waals surface area (Å²) >= 11 is 0. The minimum absolute atomic E-state index is 0.0900. The number of para-hydroxylation sites is 1. The summed E-state index contributed by atoms with van der Waals surface area (Å²) in [6.45, 7) is 1.27. The van der Waals surface area contributed by atoms with E-state index in [2.05, 4.69) is 5.32 Å². The Hall–Kier alpha value is -2.45. The average molecular weight is 421 g/mol. The molecule has 1 N–H and O–H groups in total. The Morgan fingerprint density at radius 2 is 1.72 bits per heavy atom. The van der Waals surface area contributed by atoms with Crippen LogP contribution in [-0.2, 0) is 20.6 Å². The predicted molar refractivity (Wildman–Crippen MR) is 108 cm³/mol. The van der Waals surface area contributed by atoms with E-state index in [1.54, 1.807) is 6.07 Å². The fourth-order valence-electron chi connectivity index (χ4n) is 3.30. The molecule has 0 aliphatic carbocycles. The summed E-state index contributed by atoms with van der Waals surface area (Å²) in [5.41, 5.74) is 0.158. The predicted octanol–water partition coefficient (Wildman–Crippen LogP) is 2.56. The highest BCUT2D eigenvalue weighted by molar-refractivity contribution is 7.88. The third kappa shape index (κ3) is 6.01. The van der Waals surface area contributed by atoms with E-state index in [4.69, 9.17) is 4.74 Å².